The first-order valence-electron chi connectivity index (χ1n) is 11.9. The van der Waals surface area contributed by atoms with Gasteiger partial charge in [0.2, 0.25) is 0 Å². The molecular weight excluding hydrogens is 392 g/mol. The number of hydrogen-bond acceptors (Lipinski definition) is 5. The Kier molecular flexibility index (Phi) is 10.7. The fourth-order valence-corrected chi connectivity index (χ4v) is 4.57. The van der Waals surface area contributed by atoms with Crippen molar-refractivity contribution in [3.63, 3.8) is 0 Å². The number of aliphatic hydroxyl groups excluding tert-OH is 3. The van der Waals surface area contributed by atoms with Gasteiger partial charge in [0, 0.05) is 18.3 Å². The molecule has 1 aliphatic carbocycles. The number of carbonyl (C=O) groups is 1. The van der Waals surface area contributed by atoms with Crippen molar-refractivity contribution in [2.45, 2.75) is 96.4 Å². The van der Waals surface area contributed by atoms with Gasteiger partial charge in [0.05, 0.1) is 24.9 Å². The van der Waals surface area contributed by atoms with Gasteiger partial charge in [-0.15, -0.1) is 0 Å². The number of ether oxygens (including phenoxy) is 1. The zero-order valence-electron chi connectivity index (χ0n) is 19.1. The van der Waals surface area contributed by atoms with Crippen LogP contribution in [0.5, 0.6) is 0 Å². The lowest BCUT2D eigenvalue weighted by Gasteiger charge is -2.31. The number of hydrogen-bond donors (Lipinski definition) is 3. The molecule has 0 aliphatic heterocycles. The number of rotatable bonds is 13. The van der Waals surface area contributed by atoms with Gasteiger partial charge in [-0.25, -0.2) is 0 Å². The summed E-state index contributed by atoms with van der Waals surface area (Å²) < 4.78 is 5.02. The molecular formula is C26H40O5. The number of aryl methyl sites for hydroxylation is 1. The van der Waals surface area contributed by atoms with Crippen molar-refractivity contribution >= 4 is 5.97 Å². The molecule has 3 N–H and O–H groups in total. The molecule has 1 fully saturated rings. The minimum Gasteiger partial charge on any atom is -0.466 e. The van der Waals surface area contributed by atoms with Gasteiger partial charge >= 0.3 is 5.97 Å². The van der Waals surface area contributed by atoms with Crippen LogP contribution >= 0.6 is 0 Å². The molecule has 1 aliphatic rings. The smallest absolute Gasteiger partial charge is 0.305 e. The van der Waals surface area contributed by atoms with Crippen molar-refractivity contribution in [1.29, 1.82) is 0 Å². The third kappa shape index (κ3) is 8.06. The summed E-state index contributed by atoms with van der Waals surface area (Å²) in [5, 5.41) is 31.5. The first-order valence-corrected chi connectivity index (χ1v) is 11.9. The number of carbonyl (C=O) groups excluding carboxylic acids is 1. The zero-order chi connectivity index (χ0) is 22.7. The summed E-state index contributed by atoms with van der Waals surface area (Å²) in [5.41, 5.74) is 1.67. The normalized spacial score (nSPS) is 24.5. The Morgan fingerprint density at radius 1 is 1.19 bits per heavy atom. The lowest BCUT2D eigenvalue weighted by molar-refractivity contribution is -0.143. The second-order valence-corrected chi connectivity index (χ2v) is 8.87. The van der Waals surface area contributed by atoms with Crippen molar-refractivity contribution in [3.05, 3.63) is 47.5 Å². The van der Waals surface area contributed by atoms with Crippen LogP contribution in [0.2, 0.25) is 0 Å². The molecule has 5 heteroatoms. The van der Waals surface area contributed by atoms with Crippen LogP contribution in [0.1, 0.15) is 76.3 Å². The molecule has 0 saturated heterocycles. The van der Waals surface area contributed by atoms with Gasteiger partial charge in [0.1, 0.15) is 0 Å². The van der Waals surface area contributed by atoms with Crippen molar-refractivity contribution in [3.8, 4) is 0 Å². The summed E-state index contributed by atoms with van der Waals surface area (Å²) in [7, 11) is 0. The highest BCUT2D eigenvalue weighted by molar-refractivity contribution is 5.69. The quantitative estimate of drug-likeness (QED) is 0.248. The summed E-state index contributed by atoms with van der Waals surface area (Å²) in [6.45, 7) is 4.34. The SMILES string of the molecule is CCCCC[C@H](O)/C=C/[C@@]1(Cc2ccccc2CCCC(=O)OCC)C[C@@H](O)C[C@H]1O. The standard InChI is InChI=1S/C26H40O5/c1-3-5-6-13-22(27)15-16-26(19-23(28)17-24(26)29)18-21-11-8-7-10-20(21)12-9-14-25(30)31-4-2/h7-8,10-11,15-16,22-24,27-29H,3-6,9,12-14,17-19H2,1-2H3/b16-15+/t22-,23-,24+,26+/m0/s1. The first kappa shape index (κ1) is 25.6. The number of esters is 1. The summed E-state index contributed by atoms with van der Waals surface area (Å²) in [5.74, 6) is -0.175. The highest BCUT2D eigenvalue weighted by Crippen LogP contribution is 2.43. The average molecular weight is 433 g/mol. The van der Waals surface area contributed by atoms with E-state index in [9.17, 15) is 20.1 Å². The van der Waals surface area contributed by atoms with Crippen LogP contribution in [-0.2, 0) is 22.4 Å². The molecule has 1 aromatic carbocycles. The van der Waals surface area contributed by atoms with Crippen LogP contribution in [-0.4, -0.2) is 46.2 Å². The van der Waals surface area contributed by atoms with E-state index in [2.05, 4.69) is 19.1 Å². The van der Waals surface area contributed by atoms with Gasteiger partial charge < -0.3 is 20.1 Å². The average Bonchev–Trinajstić information content (AvgIpc) is 3.01. The third-order valence-corrected chi connectivity index (χ3v) is 6.30. The molecule has 4 atom stereocenters. The van der Waals surface area contributed by atoms with Crippen LogP contribution in [0.25, 0.3) is 0 Å². The Morgan fingerprint density at radius 3 is 2.58 bits per heavy atom. The Labute approximate surface area is 187 Å². The van der Waals surface area contributed by atoms with Gasteiger partial charge in [0.15, 0.2) is 0 Å². The van der Waals surface area contributed by atoms with Crippen molar-refractivity contribution in [2.24, 2.45) is 5.41 Å². The summed E-state index contributed by atoms with van der Waals surface area (Å²) in [6, 6.07) is 8.10. The van der Waals surface area contributed by atoms with E-state index in [1.165, 1.54) is 0 Å². The molecule has 0 aromatic heterocycles. The zero-order valence-corrected chi connectivity index (χ0v) is 19.1. The van der Waals surface area contributed by atoms with Crippen LogP contribution in [0.3, 0.4) is 0 Å². The van der Waals surface area contributed by atoms with Gasteiger partial charge in [-0.1, -0.05) is 62.6 Å². The minimum atomic E-state index is -0.658. The molecule has 0 amide bonds. The van der Waals surface area contributed by atoms with Crippen LogP contribution in [0, 0.1) is 5.41 Å². The molecule has 2 rings (SSSR count). The predicted octanol–water partition coefficient (Wildman–Crippen LogP) is 4.11. The lowest BCUT2D eigenvalue weighted by Crippen LogP contribution is -2.31. The highest BCUT2D eigenvalue weighted by Gasteiger charge is 2.44. The van der Waals surface area contributed by atoms with Crippen LogP contribution in [0.4, 0.5) is 0 Å². The van der Waals surface area contributed by atoms with E-state index in [0.717, 1.165) is 36.8 Å². The molecule has 0 bridgehead atoms. The molecule has 1 saturated carbocycles. The van der Waals surface area contributed by atoms with Crippen molar-refractivity contribution < 1.29 is 24.9 Å². The second-order valence-electron chi connectivity index (χ2n) is 8.87. The van der Waals surface area contributed by atoms with Gasteiger partial charge in [-0.2, -0.15) is 0 Å². The van der Waals surface area contributed by atoms with Crippen LogP contribution in [0.15, 0.2) is 36.4 Å². The van der Waals surface area contributed by atoms with Crippen molar-refractivity contribution in [1.82, 2.24) is 0 Å². The molecule has 1 aromatic rings. The van der Waals surface area contributed by atoms with Crippen LogP contribution < -0.4 is 0 Å². The largest absolute Gasteiger partial charge is 0.466 e. The molecule has 31 heavy (non-hydrogen) atoms. The molecule has 174 valence electrons. The first-order chi connectivity index (χ1) is 14.9. The van der Waals surface area contributed by atoms with E-state index >= 15 is 0 Å². The Bertz CT molecular complexity index is 701. The monoisotopic (exact) mass is 432 g/mol. The molecule has 0 unspecified atom stereocenters. The molecule has 0 spiro atoms. The minimum absolute atomic E-state index is 0.175. The number of aliphatic hydroxyl groups is 3. The topological polar surface area (TPSA) is 87.0 Å². The van der Waals surface area contributed by atoms with E-state index < -0.39 is 23.7 Å². The van der Waals surface area contributed by atoms with E-state index in [0.29, 0.717) is 45.1 Å². The second kappa shape index (κ2) is 13.0. The Morgan fingerprint density at radius 2 is 1.94 bits per heavy atom. The summed E-state index contributed by atoms with van der Waals surface area (Å²) in [6.07, 6.45) is 9.17. The summed E-state index contributed by atoms with van der Waals surface area (Å²) >= 11 is 0. The fourth-order valence-electron chi connectivity index (χ4n) is 4.57. The summed E-state index contributed by atoms with van der Waals surface area (Å²) in [4.78, 5) is 11.7. The van der Waals surface area contributed by atoms with E-state index in [4.69, 9.17) is 4.74 Å². The number of benzene rings is 1. The van der Waals surface area contributed by atoms with E-state index in [1.54, 1.807) is 6.08 Å². The highest BCUT2D eigenvalue weighted by atomic mass is 16.5. The molecule has 0 radical (unpaired) electrons. The van der Waals surface area contributed by atoms with E-state index in [-0.39, 0.29) is 5.97 Å². The maximum atomic E-state index is 11.7. The predicted molar refractivity (Wildman–Crippen MR) is 123 cm³/mol. The molecule has 5 nitrogen and oxygen atoms in total. The Balaban J connectivity index is 2.12. The van der Waals surface area contributed by atoms with Gasteiger partial charge in [0.25, 0.3) is 0 Å². The Hall–Kier alpha value is -1.69. The maximum Gasteiger partial charge on any atom is 0.305 e. The van der Waals surface area contributed by atoms with Gasteiger partial charge in [-0.05, 0) is 50.2 Å². The van der Waals surface area contributed by atoms with E-state index in [1.807, 2.05) is 25.1 Å². The van der Waals surface area contributed by atoms with Crippen molar-refractivity contribution in [2.75, 3.05) is 6.61 Å². The fraction of sp³-hybridized carbons (Fsp3) is 0.654. The molecule has 0 heterocycles. The number of unbranched alkanes of at least 4 members (excludes halogenated alkanes) is 2. The third-order valence-electron chi connectivity index (χ3n) is 6.30. The maximum absolute atomic E-state index is 11.7. The van der Waals surface area contributed by atoms with Gasteiger partial charge in [-0.3, -0.25) is 4.79 Å². The lowest BCUT2D eigenvalue weighted by atomic mass is 9.76.